The first-order chi connectivity index (χ1) is 12.0. The molecule has 4 rings (SSSR count). The zero-order valence-corrected chi connectivity index (χ0v) is 13.3. The lowest BCUT2D eigenvalue weighted by Gasteiger charge is -2.39. The van der Waals surface area contributed by atoms with E-state index in [0.717, 1.165) is 17.7 Å². The molecule has 6 heteroatoms. The number of carbonyl (C=O) groups excluding carboxylic acids is 2. The second-order valence-corrected chi connectivity index (χ2v) is 6.39. The summed E-state index contributed by atoms with van der Waals surface area (Å²) in [4.78, 5) is 26.4. The molecule has 0 saturated carbocycles. The Bertz CT molecular complexity index is 883. The highest BCUT2D eigenvalue weighted by molar-refractivity contribution is 5.96. The van der Waals surface area contributed by atoms with Gasteiger partial charge >= 0.3 is 5.97 Å². The van der Waals surface area contributed by atoms with Crippen LogP contribution in [0.15, 0.2) is 42.5 Å². The first-order valence-electron chi connectivity index (χ1n) is 8.07. The molecule has 1 atom stereocenters. The van der Waals surface area contributed by atoms with Gasteiger partial charge in [-0.15, -0.1) is 0 Å². The fraction of sp³-hybridized carbons (Fsp3) is 0.263. The van der Waals surface area contributed by atoms with Gasteiger partial charge in [-0.2, -0.15) is 0 Å². The number of nitrogens with zero attached hydrogens (tertiary/aromatic N) is 1. The molecule has 1 spiro atoms. The molecule has 1 saturated heterocycles. The Morgan fingerprint density at radius 3 is 2.72 bits per heavy atom. The average molecular weight is 343 g/mol. The molecule has 2 heterocycles. The number of piperidine rings is 1. The van der Waals surface area contributed by atoms with E-state index in [9.17, 15) is 18.4 Å². The van der Waals surface area contributed by atoms with Crippen LogP contribution >= 0.6 is 0 Å². The number of hydrogen-bond acceptors (Lipinski definition) is 3. The van der Waals surface area contributed by atoms with Crippen molar-refractivity contribution in [2.24, 2.45) is 0 Å². The summed E-state index contributed by atoms with van der Waals surface area (Å²) in [6, 6.07) is 10.2. The van der Waals surface area contributed by atoms with Crippen LogP contribution < -0.4 is 0 Å². The number of ether oxygens (including phenoxy) is 1. The molecule has 0 aliphatic carbocycles. The highest BCUT2D eigenvalue weighted by atomic mass is 19.2. The molecule has 0 N–H and O–H groups in total. The molecule has 25 heavy (non-hydrogen) atoms. The fourth-order valence-corrected chi connectivity index (χ4v) is 3.66. The molecule has 2 aliphatic heterocycles. The van der Waals surface area contributed by atoms with Gasteiger partial charge in [0.2, 0.25) is 0 Å². The third-order valence-corrected chi connectivity index (χ3v) is 4.83. The number of likely N-dealkylation sites (tertiary alicyclic amines) is 1. The van der Waals surface area contributed by atoms with E-state index in [0.29, 0.717) is 24.9 Å². The van der Waals surface area contributed by atoms with Crippen molar-refractivity contribution in [3.8, 4) is 0 Å². The van der Waals surface area contributed by atoms with E-state index in [1.54, 1.807) is 12.1 Å². The number of rotatable bonds is 1. The number of carbonyl (C=O) groups is 2. The Balaban J connectivity index is 1.65. The number of benzene rings is 2. The van der Waals surface area contributed by atoms with Crippen molar-refractivity contribution in [3.05, 3.63) is 70.8 Å². The maximum atomic E-state index is 13.4. The molecule has 2 aromatic rings. The van der Waals surface area contributed by atoms with Crippen LogP contribution in [0.1, 0.15) is 39.1 Å². The van der Waals surface area contributed by atoms with Gasteiger partial charge in [0.15, 0.2) is 17.2 Å². The van der Waals surface area contributed by atoms with Crippen LogP contribution in [0.2, 0.25) is 0 Å². The Morgan fingerprint density at radius 2 is 1.92 bits per heavy atom. The van der Waals surface area contributed by atoms with Crippen molar-refractivity contribution in [2.45, 2.75) is 18.4 Å². The standard InChI is InChI=1S/C19H15F2NO3/c20-15-7-6-12(10-16(15)21)17(23)22-9-3-8-19(11-22)14-5-2-1-4-13(14)18(24)25-19/h1-2,4-7,10H,3,8-9,11H2. The van der Waals surface area contributed by atoms with Gasteiger partial charge in [0.25, 0.3) is 5.91 Å². The quantitative estimate of drug-likeness (QED) is 0.747. The van der Waals surface area contributed by atoms with E-state index >= 15 is 0 Å². The maximum Gasteiger partial charge on any atom is 0.339 e. The van der Waals surface area contributed by atoms with Gasteiger partial charge in [-0.05, 0) is 37.1 Å². The summed E-state index contributed by atoms with van der Waals surface area (Å²) in [5.74, 6) is -2.85. The molecule has 4 nitrogen and oxygen atoms in total. The van der Waals surface area contributed by atoms with Crippen molar-refractivity contribution in [3.63, 3.8) is 0 Å². The third kappa shape index (κ3) is 2.49. The Kier molecular flexibility index (Phi) is 3.56. The normalized spacial score (nSPS) is 22.0. The molecular formula is C19H15F2NO3. The van der Waals surface area contributed by atoms with E-state index < -0.39 is 29.1 Å². The topological polar surface area (TPSA) is 46.6 Å². The van der Waals surface area contributed by atoms with Crippen LogP contribution in [0, 0.1) is 11.6 Å². The molecular weight excluding hydrogens is 328 g/mol. The Labute approximate surface area is 143 Å². The van der Waals surface area contributed by atoms with Crippen molar-refractivity contribution >= 4 is 11.9 Å². The largest absolute Gasteiger partial charge is 0.449 e. The molecule has 0 radical (unpaired) electrons. The van der Waals surface area contributed by atoms with Gasteiger partial charge in [0.05, 0.1) is 12.1 Å². The monoisotopic (exact) mass is 343 g/mol. The molecule has 2 aliphatic rings. The smallest absolute Gasteiger partial charge is 0.339 e. The molecule has 0 aromatic heterocycles. The maximum absolute atomic E-state index is 13.4. The van der Waals surface area contributed by atoms with E-state index in [4.69, 9.17) is 4.74 Å². The summed E-state index contributed by atoms with van der Waals surface area (Å²) in [5.41, 5.74) is 0.515. The second kappa shape index (κ2) is 5.65. The van der Waals surface area contributed by atoms with Gasteiger partial charge in [-0.1, -0.05) is 18.2 Å². The first kappa shape index (κ1) is 15.7. The van der Waals surface area contributed by atoms with E-state index in [2.05, 4.69) is 0 Å². The number of esters is 1. The van der Waals surface area contributed by atoms with Crippen molar-refractivity contribution in [1.82, 2.24) is 4.90 Å². The summed E-state index contributed by atoms with van der Waals surface area (Å²) in [6.45, 7) is 0.673. The summed E-state index contributed by atoms with van der Waals surface area (Å²) in [5, 5.41) is 0. The summed E-state index contributed by atoms with van der Waals surface area (Å²) < 4.78 is 32.2. The van der Waals surface area contributed by atoms with Gasteiger partial charge in [0.1, 0.15) is 0 Å². The molecule has 0 bridgehead atoms. The minimum Gasteiger partial charge on any atom is -0.449 e. The van der Waals surface area contributed by atoms with E-state index in [1.165, 1.54) is 11.0 Å². The predicted molar refractivity (Wildman–Crippen MR) is 85.0 cm³/mol. The minimum atomic E-state index is -1.06. The Morgan fingerprint density at radius 1 is 1.12 bits per heavy atom. The SMILES string of the molecule is O=C1OC2(CCCN(C(=O)c3ccc(F)c(F)c3)C2)c2ccccc21. The lowest BCUT2D eigenvalue weighted by Crippen LogP contribution is -2.48. The molecule has 128 valence electrons. The van der Waals surface area contributed by atoms with Gasteiger partial charge in [0, 0.05) is 17.7 Å². The number of amides is 1. The lowest BCUT2D eigenvalue weighted by atomic mass is 9.85. The zero-order chi connectivity index (χ0) is 17.6. The summed E-state index contributed by atoms with van der Waals surface area (Å²) in [6.07, 6.45) is 1.27. The van der Waals surface area contributed by atoms with Crippen molar-refractivity contribution < 1.29 is 23.1 Å². The number of halogens is 2. The zero-order valence-electron chi connectivity index (χ0n) is 13.3. The molecule has 1 fully saturated rings. The predicted octanol–water partition coefficient (Wildman–Crippen LogP) is 3.27. The van der Waals surface area contributed by atoms with Gasteiger partial charge in [-0.3, -0.25) is 4.79 Å². The van der Waals surface area contributed by atoms with Crippen LogP contribution in [0.3, 0.4) is 0 Å². The molecule has 1 unspecified atom stereocenters. The van der Waals surface area contributed by atoms with Crippen LogP contribution in [0.5, 0.6) is 0 Å². The molecule has 1 amide bonds. The second-order valence-electron chi connectivity index (χ2n) is 6.39. The van der Waals surface area contributed by atoms with E-state index in [-0.39, 0.29) is 12.1 Å². The Hall–Kier alpha value is -2.76. The molecule has 2 aromatic carbocycles. The van der Waals surface area contributed by atoms with Crippen LogP contribution in [0.4, 0.5) is 8.78 Å². The van der Waals surface area contributed by atoms with Crippen LogP contribution in [0.25, 0.3) is 0 Å². The van der Waals surface area contributed by atoms with E-state index in [1.807, 2.05) is 12.1 Å². The highest BCUT2D eigenvalue weighted by Crippen LogP contribution is 2.43. The summed E-state index contributed by atoms with van der Waals surface area (Å²) >= 11 is 0. The van der Waals surface area contributed by atoms with Gasteiger partial charge in [-0.25, -0.2) is 13.6 Å². The van der Waals surface area contributed by atoms with Crippen LogP contribution in [-0.4, -0.2) is 29.9 Å². The first-order valence-corrected chi connectivity index (χ1v) is 8.07. The van der Waals surface area contributed by atoms with Gasteiger partial charge < -0.3 is 9.64 Å². The number of hydrogen-bond donors (Lipinski definition) is 0. The third-order valence-electron chi connectivity index (χ3n) is 4.83. The average Bonchev–Trinajstić information content (AvgIpc) is 2.89. The minimum absolute atomic E-state index is 0.0774. The van der Waals surface area contributed by atoms with Crippen molar-refractivity contribution in [1.29, 1.82) is 0 Å². The summed E-state index contributed by atoms with van der Waals surface area (Å²) in [7, 11) is 0. The number of fused-ring (bicyclic) bond motifs is 2. The lowest BCUT2D eigenvalue weighted by molar-refractivity contribution is -0.0442. The van der Waals surface area contributed by atoms with Crippen LogP contribution in [-0.2, 0) is 10.3 Å². The van der Waals surface area contributed by atoms with Crippen molar-refractivity contribution in [2.75, 3.05) is 13.1 Å². The highest BCUT2D eigenvalue weighted by Gasteiger charge is 2.48. The fourth-order valence-electron chi connectivity index (χ4n) is 3.66.